The standard InChI is InChI=1S/C21H30O4/c1-6-13(2)10-17(22)25-19-18-14(3)12-24-16(18)11-21(23)9-7-8-15(4)20(19,21)5/h10,12,15,19,23H,6-9,11H2,1-5H3. The van der Waals surface area contributed by atoms with Gasteiger partial charge < -0.3 is 14.3 Å². The van der Waals surface area contributed by atoms with Crippen LogP contribution < -0.4 is 0 Å². The number of ether oxygens (including phenoxy) is 1. The fourth-order valence-electron chi connectivity index (χ4n) is 4.71. The SMILES string of the molecule is CCC(C)=CC(=O)OC1c2c(C)coc2CC2(O)CCCC(C)C12C. The Morgan fingerprint density at radius 1 is 1.52 bits per heavy atom. The molecule has 4 heteroatoms. The first-order valence-electron chi connectivity index (χ1n) is 9.40. The van der Waals surface area contributed by atoms with Crippen molar-refractivity contribution >= 4 is 5.97 Å². The van der Waals surface area contributed by atoms with E-state index >= 15 is 0 Å². The van der Waals surface area contributed by atoms with Crippen molar-refractivity contribution in [2.24, 2.45) is 11.3 Å². The van der Waals surface area contributed by atoms with E-state index in [0.717, 1.165) is 41.7 Å². The number of esters is 1. The Labute approximate surface area is 150 Å². The summed E-state index contributed by atoms with van der Waals surface area (Å²) in [6.07, 6.45) is 6.84. The average Bonchev–Trinajstić information content (AvgIpc) is 2.90. The highest BCUT2D eigenvalue weighted by atomic mass is 16.5. The van der Waals surface area contributed by atoms with Crippen LogP contribution in [0.5, 0.6) is 0 Å². The molecule has 2 aliphatic rings. The first kappa shape index (κ1) is 18.2. The first-order chi connectivity index (χ1) is 11.7. The molecule has 4 unspecified atom stereocenters. The number of allylic oxidation sites excluding steroid dienone is 1. The van der Waals surface area contributed by atoms with Crippen molar-refractivity contribution in [1.82, 2.24) is 0 Å². The molecule has 1 aromatic heterocycles. The predicted molar refractivity (Wildman–Crippen MR) is 96.1 cm³/mol. The molecule has 0 spiro atoms. The summed E-state index contributed by atoms with van der Waals surface area (Å²) < 4.78 is 11.7. The van der Waals surface area contributed by atoms with Crippen LogP contribution in [0.3, 0.4) is 0 Å². The normalized spacial score (nSPS) is 35.0. The van der Waals surface area contributed by atoms with E-state index in [1.165, 1.54) is 0 Å². The Kier molecular flexibility index (Phi) is 4.61. The first-order valence-corrected chi connectivity index (χ1v) is 9.40. The quantitative estimate of drug-likeness (QED) is 0.640. The molecule has 1 fully saturated rings. The van der Waals surface area contributed by atoms with Gasteiger partial charge in [-0.3, -0.25) is 0 Å². The second-order valence-electron chi connectivity index (χ2n) is 8.20. The summed E-state index contributed by atoms with van der Waals surface area (Å²) in [6, 6.07) is 0. The Morgan fingerprint density at radius 3 is 2.92 bits per heavy atom. The van der Waals surface area contributed by atoms with Gasteiger partial charge in [0.25, 0.3) is 0 Å². The van der Waals surface area contributed by atoms with E-state index in [1.54, 1.807) is 12.3 Å². The molecule has 0 aromatic carbocycles. The van der Waals surface area contributed by atoms with E-state index in [2.05, 4.69) is 13.8 Å². The van der Waals surface area contributed by atoms with Gasteiger partial charge in [-0.15, -0.1) is 0 Å². The number of carbonyl (C=O) groups excluding carboxylic acids is 1. The van der Waals surface area contributed by atoms with E-state index in [4.69, 9.17) is 9.15 Å². The van der Waals surface area contributed by atoms with Gasteiger partial charge in [0.2, 0.25) is 0 Å². The van der Waals surface area contributed by atoms with Crippen LogP contribution in [0.1, 0.15) is 76.4 Å². The third-order valence-electron chi connectivity index (χ3n) is 6.77. The molecular weight excluding hydrogens is 316 g/mol. The van der Waals surface area contributed by atoms with Crippen LogP contribution in [-0.4, -0.2) is 16.7 Å². The van der Waals surface area contributed by atoms with Crippen LogP contribution in [0.4, 0.5) is 0 Å². The summed E-state index contributed by atoms with van der Waals surface area (Å²) in [5.74, 6) is 0.683. The molecule has 25 heavy (non-hydrogen) atoms. The van der Waals surface area contributed by atoms with Gasteiger partial charge in [0, 0.05) is 23.5 Å². The molecule has 1 N–H and O–H groups in total. The lowest BCUT2D eigenvalue weighted by molar-refractivity contribution is -0.210. The Balaban J connectivity index is 2.08. The third kappa shape index (κ3) is 2.75. The van der Waals surface area contributed by atoms with Gasteiger partial charge in [0.05, 0.1) is 11.9 Å². The molecule has 0 saturated heterocycles. The largest absolute Gasteiger partial charge is 0.469 e. The van der Waals surface area contributed by atoms with Gasteiger partial charge in [-0.25, -0.2) is 4.79 Å². The van der Waals surface area contributed by atoms with Crippen molar-refractivity contribution in [2.45, 2.75) is 78.4 Å². The molecule has 2 aliphatic carbocycles. The Bertz CT molecular complexity index is 701. The van der Waals surface area contributed by atoms with Crippen molar-refractivity contribution in [3.05, 3.63) is 34.8 Å². The summed E-state index contributed by atoms with van der Waals surface area (Å²) in [7, 11) is 0. The monoisotopic (exact) mass is 346 g/mol. The summed E-state index contributed by atoms with van der Waals surface area (Å²) >= 11 is 0. The fourth-order valence-corrected chi connectivity index (χ4v) is 4.71. The highest BCUT2D eigenvalue weighted by molar-refractivity contribution is 5.83. The zero-order valence-corrected chi connectivity index (χ0v) is 16.0. The molecular formula is C21H30O4. The maximum absolute atomic E-state index is 12.5. The van der Waals surface area contributed by atoms with Gasteiger partial charge in [-0.05, 0) is 44.6 Å². The highest BCUT2D eigenvalue weighted by Gasteiger charge is 2.62. The second-order valence-corrected chi connectivity index (χ2v) is 8.20. The van der Waals surface area contributed by atoms with Crippen molar-refractivity contribution in [2.75, 3.05) is 0 Å². The molecule has 138 valence electrons. The van der Waals surface area contributed by atoms with Crippen LogP contribution in [-0.2, 0) is 16.0 Å². The molecule has 4 atom stereocenters. The van der Waals surface area contributed by atoms with E-state index in [1.807, 2.05) is 20.8 Å². The lowest BCUT2D eigenvalue weighted by atomic mass is 9.51. The zero-order valence-electron chi connectivity index (χ0n) is 16.0. The van der Waals surface area contributed by atoms with E-state index in [0.29, 0.717) is 12.8 Å². The van der Waals surface area contributed by atoms with Gasteiger partial charge >= 0.3 is 5.97 Å². The number of fused-ring (bicyclic) bond motifs is 2. The molecule has 0 amide bonds. The number of carbonyl (C=O) groups is 1. The van der Waals surface area contributed by atoms with Crippen molar-refractivity contribution in [1.29, 1.82) is 0 Å². The second kappa shape index (κ2) is 6.31. The lowest BCUT2D eigenvalue weighted by Crippen LogP contribution is -2.60. The van der Waals surface area contributed by atoms with Crippen LogP contribution in [0.2, 0.25) is 0 Å². The van der Waals surface area contributed by atoms with E-state index < -0.39 is 17.1 Å². The van der Waals surface area contributed by atoms with Gasteiger partial charge in [-0.1, -0.05) is 32.8 Å². The predicted octanol–water partition coefficient (Wildman–Crippen LogP) is 4.64. The number of hydrogen-bond donors (Lipinski definition) is 1. The maximum Gasteiger partial charge on any atom is 0.331 e. The molecule has 4 nitrogen and oxygen atoms in total. The summed E-state index contributed by atoms with van der Waals surface area (Å²) in [5.41, 5.74) is 1.51. The number of rotatable bonds is 3. The molecule has 0 radical (unpaired) electrons. The Hall–Kier alpha value is -1.55. The molecule has 0 bridgehead atoms. The Morgan fingerprint density at radius 2 is 2.24 bits per heavy atom. The topological polar surface area (TPSA) is 59.7 Å². The van der Waals surface area contributed by atoms with Crippen LogP contribution >= 0.6 is 0 Å². The van der Waals surface area contributed by atoms with Crippen molar-refractivity contribution < 1.29 is 19.1 Å². The van der Waals surface area contributed by atoms with Crippen molar-refractivity contribution in [3.8, 4) is 0 Å². The highest BCUT2D eigenvalue weighted by Crippen LogP contribution is 2.61. The molecule has 0 aliphatic heterocycles. The average molecular weight is 346 g/mol. The van der Waals surface area contributed by atoms with E-state index in [-0.39, 0.29) is 11.9 Å². The number of aryl methyl sites for hydroxylation is 1. The van der Waals surface area contributed by atoms with Crippen LogP contribution in [0.25, 0.3) is 0 Å². The molecule has 1 heterocycles. The minimum atomic E-state index is -0.906. The lowest BCUT2D eigenvalue weighted by Gasteiger charge is -2.57. The van der Waals surface area contributed by atoms with Crippen LogP contribution in [0.15, 0.2) is 22.3 Å². The van der Waals surface area contributed by atoms with E-state index in [9.17, 15) is 9.90 Å². The minimum Gasteiger partial charge on any atom is -0.469 e. The van der Waals surface area contributed by atoms with Gasteiger partial charge in [-0.2, -0.15) is 0 Å². The molecule has 1 aromatic rings. The number of furan rings is 1. The van der Waals surface area contributed by atoms with Crippen molar-refractivity contribution in [3.63, 3.8) is 0 Å². The molecule has 1 saturated carbocycles. The maximum atomic E-state index is 12.5. The molecule has 3 rings (SSSR count). The van der Waals surface area contributed by atoms with Gasteiger partial charge in [0.15, 0.2) is 0 Å². The smallest absolute Gasteiger partial charge is 0.331 e. The summed E-state index contributed by atoms with van der Waals surface area (Å²) in [6.45, 7) is 10.2. The van der Waals surface area contributed by atoms with Gasteiger partial charge in [0.1, 0.15) is 11.9 Å². The minimum absolute atomic E-state index is 0.253. The summed E-state index contributed by atoms with van der Waals surface area (Å²) in [4.78, 5) is 12.5. The summed E-state index contributed by atoms with van der Waals surface area (Å²) in [5, 5.41) is 11.5. The number of aliphatic hydroxyl groups is 1. The number of hydrogen-bond acceptors (Lipinski definition) is 4. The van der Waals surface area contributed by atoms with Crippen LogP contribution in [0, 0.1) is 18.3 Å². The zero-order chi connectivity index (χ0) is 18.4. The fraction of sp³-hybridized carbons (Fsp3) is 0.667. The third-order valence-corrected chi connectivity index (χ3v) is 6.77.